The van der Waals surface area contributed by atoms with Gasteiger partial charge in [-0.1, -0.05) is 58.3 Å². The van der Waals surface area contributed by atoms with E-state index in [0.29, 0.717) is 0 Å². The quantitative estimate of drug-likeness (QED) is 0.262. The molecule has 0 unspecified atom stereocenters. The molecule has 0 radical (unpaired) electrons. The summed E-state index contributed by atoms with van der Waals surface area (Å²) >= 11 is 0. The summed E-state index contributed by atoms with van der Waals surface area (Å²) in [6, 6.07) is 1.32. The SMILES string of the molecule is CCCCCCCCCC[SiH2]OCCC(OC)OC. The third-order valence-electron chi connectivity index (χ3n) is 3.42. The Kier molecular flexibility index (Phi) is 16.2. The van der Waals surface area contributed by atoms with Crippen LogP contribution in [0.3, 0.4) is 0 Å². The second-order valence-corrected chi connectivity index (χ2v) is 6.65. The molecule has 0 amide bonds. The minimum atomic E-state index is -0.306. The molecule has 0 N–H and O–H groups in total. The fourth-order valence-corrected chi connectivity index (χ4v) is 3.26. The molecule has 0 spiro atoms. The molecule has 116 valence electrons. The summed E-state index contributed by atoms with van der Waals surface area (Å²) in [6.07, 6.45) is 11.9. The van der Waals surface area contributed by atoms with Crippen LogP contribution in [0.1, 0.15) is 64.7 Å². The summed E-state index contributed by atoms with van der Waals surface area (Å²) in [5.41, 5.74) is 0. The van der Waals surface area contributed by atoms with Crippen LogP contribution in [-0.2, 0) is 13.9 Å². The fourth-order valence-electron chi connectivity index (χ4n) is 2.13. The smallest absolute Gasteiger partial charge is 0.161 e. The number of hydrogen-bond donors (Lipinski definition) is 0. The molecule has 0 saturated heterocycles. The lowest BCUT2D eigenvalue weighted by atomic mass is 10.1. The summed E-state index contributed by atoms with van der Waals surface area (Å²) < 4.78 is 15.9. The predicted molar refractivity (Wildman–Crippen MR) is 84.3 cm³/mol. The molecule has 0 aromatic heterocycles. The van der Waals surface area contributed by atoms with Gasteiger partial charge in [0.1, 0.15) is 0 Å². The third-order valence-corrected chi connectivity index (χ3v) is 4.78. The molecular weight excluding hydrogens is 256 g/mol. The highest BCUT2D eigenvalue weighted by molar-refractivity contribution is 6.26. The molecule has 0 aliphatic heterocycles. The van der Waals surface area contributed by atoms with Crippen LogP contribution in [0.2, 0.25) is 6.04 Å². The molecule has 0 saturated carbocycles. The van der Waals surface area contributed by atoms with E-state index >= 15 is 0 Å². The molecule has 0 aliphatic carbocycles. The Labute approximate surface area is 122 Å². The van der Waals surface area contributed by atoms with Gasteiger partial charge in [-0.05, 0) is 6.04 Å². The third kappa shape index (κ3) is 14.3. The zero-order valence-electron chi connectivity index (χ0n) is 13.3. The summed E-state index contributed by atoms with van der Waals surface area (Å²) in [6.45, 7) is 3.06. The lowest BCUT2D eigenvalue weighted by Gasteiger charge is -2.13. The predicted octanol–water partition coefficient (Wildman–Crippen LogP) is 3.65. The number of methoxy groups -OCH3 is 2. The Balaban J connectivity index is 3.02. The molecule has 0 bridgehead atoms. The molecule has 0 rings (SSSR count). The highest BCUT2D eigenvalue weighted by Crippen LogP contribution is 2.09. The highest BCUT2D eigenvalue weighted by atomic mass is 28.2. The monoisotopic (exact) mass is 290 g/mol. The summed E-state index contributed by atoms with van der Waals surface area (Å²) in [5, 5.41) is 0. The van der Waals surface area contributed by atoms with Gasteiger partial charge in [-0.3, -0.25) is 0 Å². The van der Waals surface area contributed by atoms with Crippen molar-refractivity contribution in [3.63, 3.8) is 0 Å². The van der Waals surface area contributed by atoms with Gasteiger partial charge < -0.3 is 13.9 Å². The van der Waals surface area contributed by atoms with E-state index in [1.54, 1.807) is 14.2 Å². The first-order valence-corrected chi connectivity index (χ1v) is 9.56. The molecule has 4 heteroatoms. The topological polar surface area (TPSA) is 27.7 Å². The first kappa shape index (κ1) is 19.1. The molecule has 0 aromatic rings. The van der Waals surface area contributed by atoms with Crippen LogP contribution in [0.5, 0.6) is 0 Å². The van der Waals surface area contributed by atoms with Gasteiger partial charge in [0, 0.05) is 27.2 Å². The molecule has 0 fully saturated rings. The van der Waals surface area contributed by atoms with Gasteiger partial charge in [-0.15, -0.1) is 0 Å². The molecular formula is C15H34O3Si. The maximum Gasteiger partial charge on any atom is 0.161 e. The Hall–Kier alpha value is 0.0969. The lowest BCUT2D eigenvalue weighted by molar-refractivity contribution is -0.110. The molecule has 3 nitrogen and oxygen atoms in total. The van der Waals surface area contributed by atoms with Crippen LogP contribution < -0.4 is 0 Å². The minimum Gasteiger partial charge on any atom is -0.424 e. The Morgan fingerprint density at radius 1 is 0.842 bits per heavy atom. The van der Waals surface area contributed by atoms with E-state index in [4.69, 9.17) is 13.9 Å². The Bertz CT molecular complexity index is 163. The second-order valence-electron chi connectivity index (χ2n) is 5.13. The van der Waals surface area contributed by atoms with Crippen molar-refractivity contribution >= 4 is 9.76 Å². The molecule has 19 heavy (non-hydrogen) atoms. The molecule has 0 aromatic carbocycles. The van der Waals surface area contributed by atoms with E-state index in [-0.39, 0.29) is 16.1 Å². The van der Waals surface area contributed by atoms with Crippen LogP contribution in [0.25, 0.3) is 0 Å². The average Bonchev–Trinajstić information content (AvgIpc) is 2.44. The van der Waals surface area contributed by atoms with Gasteiger partial charge in [0.05, 0.1) is 0 Å². The van der Waals surface area contributed by atoms with Gasteiger partial charge in [0.25, 0.3) is 0 Å². The van der Waals surface area contributed by atoms with Gasteiger partial charge in [0.2, 0.25) is 0 Å². The van der Waals surface area contributed by atoms with E-state index in [0.717, 1.165) is 13.0 Å². The summed E-state index contributed by atoms with van der Waals surface area (Å²) in [5.74, 6) is 0. The number of rotatable bonds is 15. The largest absolute Gasteiger partial charge is 0.424 e. The average molecular weight is 291 g/mol. The number of ether oxygens (including phenoxy) is 2. The normalized spacial score (nSPS) is 12.0. The van der Waals surface area contributed by atoms with Crippen molar-refractivity contribution in [3.05, 3.63) is 0 Å². The maximum absolute atomic E-state index is 5.71. The van der Waals surface area contributed by atoms with E-state index in [2.05, 4.69) is 6.92 Å². The van der Waals surface area contributed by atoms with Gasteiger partial charge in [-0.2, -0.15) is 0 Å². The molecule has 0 heterocycles. The zero-order valence-corrected chi connectivity index (χ0v) is 14.7. The Morgan fingerprint density at radius 3 is 2.00 bits per heavy atom. The molecule has 0 aliphatic rings. The van der Waals surface area contributed by atoms with Crippen molar-refractivity contribution in [2.45, 2.75) is 77.0 Å². The van der Waals surface area contributed by atoms with Crippen LogP contribution in [0, 0.1) is 0 Å². The minimum absolute atomic E-state index is 0.0999. The van der Waals surface area contributed by atoms with E-state index in [9.17, 15) is 0 Å². The maximum atomic E-state index is 5.71. The first-order valence-electron chi connectivity index (χ1n) is 7.98. The zero-order chi connectivity index (χ0) is 14.2. The molecule has 0 atom stereocenters. The van der Waals surface area contributed by atoms with E-state index in [1.807, 2.05) is 0 Å². The highest BCUT2D eigenvalue weighted by Gasteiger charge is 2.03. The van der Waals surface area contributed by atoms with Crippen LogP contribution >= 0.6 is 0 Å². The van der Waals surface area contributed by atoms with Crippen LogP contribution in [0.4, 0.5) is 0 Å². The van der Waals surface area contributed by atoms with Crippen molar-refractivity contribution in [3.8, 4) is 0 Å². The van der Waals surface area contributed by atoms with Crippen LogP contribution in [-0.4, -0.2) is 36.9 Å². The summed E-state index contributed by atoms with van der Waals surface area (Å²) in [4.78, 5) is 0. The van der Waals surface area contributed by atoms with Crippen molar-refractivity contribution in [2.75, 3.05) is 20.8 Å². The second kappa shape index (κ2) is 16.2. The van der Waals surface area contributed by atoms with Crippen LogP contribution in [0.15, 0.2) is 0 Å². The number of hydrogen-bond acceptors (Lipinski definition) is 3. The van der Waals surface area contributed by atoms with Crippen molar-refractivity contribution in [1.82, 2.24) is 0 Å². The van der Waals surface area contributed by atoms with Gasteiger partial charge in [-0.25, -0.2) is 0 Å². The Morgan fingerprint density at radius 2 is 1.42 bits per heavy atom. The standard InChI is InChI=1S/C15H34O3Si/c1-4-5-6-7-8-9-10-11-14-19-18-13-12-15(16-2)17-3/h15H,4-14,19H2,1-3H3. The van der Waals surface area contributed by atoms with E-state index < -0.39 is 0 Å². The van der Waals surface area contributed by atoms with Gasteiger partial charge >= 0.3 is 0 Å². The van der Waals surface area contributed by atoms with Crippen molar-refractivity contribution in [1.29, 1.82) is 0 Å². The van der Waals surface area contributed by atoms with Gasteiger partial charge in [0.15, 0.2) is 16.1 Å². The fraction of sp³-hybridized carbons (Fsp3) is 1.00. The van der Waals surface area contributed by atoms with Crippen molar-refractivity contribution in [2.24, 2.45) is 0 Å². The van der Waals surface area contributed by atoms with E-state index in [1.165, 1.54) is 57.4 Å². The first-order chi connectivity index (χ1) is 9.35. The summed E-state index contributed by atoms with van der Waals surface area (Å²) in [7, 11) is 3.04. The van der Waals surface area contributed by atoms with Crippen molar-refractivity contribution < 1.29 is 13.9 Å². The number of unbranched alkanes of at least 4 members (excludes halogenated alkanes) is 7. The lowest BCUT2D eigenvalue weighted by Crippen LogP contribution is -2.16.